The van der Waals surface area contributed by atoms with Crippen LogP contribution in [0.2, 0.25) is 0 Å². The summed E-state index contributed by atoms with van der Waals surface area (Å²) >= 11 is 0. The summed E-state index contributed by atoms with van der Waals surface area (Å²) in [5.41, 5.74) is 0.564. The SMILES string of the molecule is CN1CC[C@]2(CCOC2)C1. The smallest absolute Gasteiger partial charge is 0.0536 e. The van der Waals surface area contributed by atoms with Crippen LogP contribution in [0.4, 0.5) is 0 Å². The molecule has 2 nitrogen and oxygen atoms in total. The summed E-state index contributed by atoms with van der Waals surface area (Å²) in [7, 11) is 2.20. The van der Waals surface area contributed by atoms with E-state index >= 15 is 0 Å². The lowest BCUT2D eigenvalue weighted by molar-refractivity contribution is 0.154. The molecule has 0 aliphatic carbocycles. The van der Waals surface area contributed by atoms with Crippen molar-refractivity contribution < 1.29 is 4.74 Å². The van der Waals surface area contributed by atoms with Gasteiger partial charge in [0.05, 0.1) is 6.61 Å². The summed E-state index contributed by atoms with van der Waals surface area (Å²) in [5.74, 6) is 0. The number of hydrogen-bond donors (Lipinski definition) is 0. The number of hydrogen-bond acceptors (Lipinski definition) is 2. The third kappa shape index (κ3) is 0.956. The van der Waals surface area contributed by atoms with Crippen LogP contribution >= 0.6 is 0 Å². The second kappa shape index (κ2) is 2.21. The first-order valence-corrected chi connectivity index (χ1v) is 4.07. The van der Waals surface area contributed by atoms with E-state index in [1.807, 2.05) is 0 Å². The van der Waals surface area contributed by atoms with Crippen LogP contribution in [0.5, 0.6) is 0 Å². The minimum Gasteiger partial charge on any atom is -0.381 e. The zero-order valence-corrected chi connectivity index (χ0v) is 6.60. The molecule has 2 heteroatoms. The molecule has 1 spiro atoms. The van der Waals surface area contributed by atoms with E-state index < -0.39 is 0 Å². The Bertz CT molecular complexity index is 129. The molecule has 58 valence electrons. The standard InChI is InChI=1S/C8H15NO/c1-9-4-2-8(6-9)3-5-10-7-8/h2-7H2,1H3/t8-/m0/s1. The van der Waals surface area contributed by atoms with Gasteiger partial charge in [0.15, 0.2) is 0 Å². The molecule has 0 radical (unpaired) electrons. The van der Waals surface area contributed by atoms with Crippen molar-refractivity contribution in [1.82, 2.24) is 4.90 Å². The van der Waals surface area contributed by atoms with E-state index in [4.69, 9.17) is 4.74 Å². The first-order chi connectivity index (χ1) is 4.81. The molecule has 2 fully saturated rings. The minimum absolute atomic E-state index is 0.564. The summed E-state index contributed by atoms with van der Waals surface area (Å²) in [6, 6.07) is 0. The van der Waals surface area contributed by atoms with E-state index in [0.717, 1.165) is 13.2 Å². The average molecular weight is 141 g/mol. The van der Waals surface area contributed by atoms with Gasteiger partial charge in [0.2, 0.25) is 0 Å². The highest BCUT2D eigenvalue weighted by molar-refractivity contribution is 4.91. The van der Waals surface area contributed by atoms with Gasteiger partial charge in [-0.3, -0.25) is 0 Å². The predicted octanol–water partition coefficient (Wildman–Crippen LogP) is 0.729. The molecule has 2 rings (SSSR count). The lowest BCUT2D eigenvalue weighted by Crippen LogP contribution is -2.24. The highest BCUT2D eigenvalue weighted by atomic mass is 16.5. The zero-order chi connectivity index (χ0) is 7.03. The van der Waals surface area contributed by atoms with Gasteiger partial charge in [0.1, 0.15) is 0 Å². The Kier molecular flexibility index (Phi) is 1.46. The molecule has 2 heterocycles. The van der Waals surface area contributed by atoms with Gasteiger partial charge in [-0.2, -0.15) is 0 Å². The van der Waals surface area contributed by atoms with Crippen LogP contribution in [0.15, 0.2) is 0 Å². The molecule has 2 saturated heterocycles. The normalized spacial score (nSPS) is 41.7. The predicted molar refractivity (Wildman–Crippen MR) is 40.0 cm³/mol. The second-order valence-corrected chi connectivity index (χ2v) is 3.79. The number of ether oxygens (including phenoxy) is 1. The molecule has 2 aliphatic rings. The van der Waals surface area contributed by atoms with Crippen molar-refractivity contribution in [2.75, 3.05) is 33.4 Å². The summed E-state index contributed by atoms with van der Waals surface area (Å²) in [5, 5.41) is 0. The summed E-state index contributed by atoms with van der Waals surface area (Å²) < 4.78 is 5.40. The maximum absolute atomic E-state index is 5.40. The van der Waals surface area contributed by atoms with Crippen LogP contribution in [0.3, 0.4) is 0 Å². The second-order valence-electron chi connectivity index (χ2n) is 3.79. The van der Waals surface area contributed by atoms with E-state index in [0.29, 0.717) is 5.41 Å². The molecular formula is C8H15NO. The Morgan fingerprint density at radius 2 is 2.30 bits per heavy atom. The fraction of sp³-hybridized carbons (Fsp3) is 1.00. The maximum atomic E-state index is 5.40. The van der Waals surface area contributed by atoms with Gasteiger partial charge in [-0.15, -0.1) is 0 Å². The topological polar surface area (TPSA) is 12.5 Å². The van der Waals surface area contributed by atoms with Gasteiger partial charge in [0, 0.05) is 18.6 Å². The first kappa shape index (κ1) is 6.62. The highest BCUT2D eigenvalue weighted by Gasteiger charge is 2.39. The number of rotatable bonds is 0. The van der Waals surface area contributed by atoms with Crippen LogP contribution in [0.25, 0.3) is 0 Å². The van der Waals surface area contributed by atoms with Crippen molar-refractivity contribution in [3.8, 4) is 0 Å². The molecule has 0 bridgehead atoms. The fourth-order valence-corrected chi connectivity index (χ4v) is 2.13. The summed E-state index contributed by atoms with van der Waals surface area (Å²) in [6.45, 7) is 4.53. The van der Waals surface area contributed by atoms with Crippen LogP contribution in [0, 0.1) is 5.41 Å². The van der Waals surface area contributed by atoms with Gasteiger partial charge >= 0.3 is 0 Å². The Hall–Kier alpha value is -0.0800. The van der Waals surface area contributed by atoms with Crippen molar-refractivity contribution in [3.63, 3.8) is 0 Å². The van der Waals surface area contributed by atoms with E-state index in [2.05, 4.69) is 11.9 Å². The van der Waals surface area contributed by atoms with Crippen molar-refractivity contribution in [1.29, 1.82) is 0 Å². The first-order valence-electron chi connectivity index (χ1n) is 4.07. The molecule has 0 aromatic heterocycles. The van der Waals surface area contributed by atoms with Crippen LogP contribution < -0.4 is 0 Å². The van der Waals surface area contributed by atoms with Crippen molar-refractivity contribution in [2.45, 2.75) is 12.8 Å². The fourth-order valence-electron chi connectivity index (χ4n) is 2.13. The van der Waals surface area contributed by atoms with Gasteiger partial charge < -0.3 is 9.64 Å². The Morgan fingerprint density at radius 1 is 1.40 bits per heavy atom. The molecule has 1 atom stereocenters. The third-order valence-electron chi connectivity index (χ3n) is 2.81. The van der Waals surface area contributed by atoms with Crippen molar-refractivity contribution in [3.05, 3.63) is 0 Å². The minimum atomic E-state index is 0.564. The van der Waals surface area contributed by atoms with Crippen molar-refractivity contribution >= 4 is 0 Å². The molecule has 0 N–H and O–H groups in total. The molecular weight excluding hydrogens is 126 g/mol. The number of likely N-dealkylation sites (tertiary alicyclic amines) is 1. The third-order valence-corrected chi connectivity index (χ3v) is 2.81. The van der Waals surface area contributed by atoms with Gasteiger partial charge in [-0.1, -0.05) is 0 Å². The lowest BCUT2D eigenvalue weighted by atomic mass is 9.87. The van der Waals surface area contributed by atoms with E-state index in [9.17, 15) is 0 Å². The van der Waals surface area contributed by atoms with E-state index in [-0.39, 0.29) is 0 Å². The van der Waals surface area contributed by atoms with E-state index in [1.165, 1.54) is 25.9 Å². The average Bonchev–Trinajstić information content (AvgIpc) is 2.46. The Morgan fingerprint density at radius 3 is 2.80 bits per heavy atom. The largest absolute Gasteiger partial charge is 0.381 e. The van der Waals surface area contributed by atoms with E-state index in [1.54, 1.807) is 0 Å². The lowest BCUT2D eigenvalue weighted by Gasteiger charge is -2.19. The van der Waals surface area contributed by atoms with Crippen LogP contribution in [0.1, 0.15) is 12.8 Å². The van der Waals surface area contributed by atoms with Crippen LogP contribution in [-0.4, -0.2) is 38.3 Å². The Balaban J connectivity index is 2.03. The number of nitrogens with zero attached hydrogens (tertiary/aromatic N) is 1. The molecule has 0 aromatic rings. The highest BCUT2D eigenvalue weighted by Crippen LogP contribution is 2.37. The molecule has 10 heavy (non-hydrogen) atoms. The van der Waals surface area contributed by atoms with Gasteiger partial charge in [0.25, 0.3) is 0 Å². The zero-order valence-electron chi connectivity index (χ0n) is 6.60. The molecule has 0 unspecified atom stereocenters. The quantitative estimate of drug-likeness (QED) is 0.493. The molecule has 0 saturated carbocycles. The van der Waals surface area contributed by atoms with Gasteiger partial charge in [-0.05, 0) is 26.4 Å². The maximum Gasteiger partial charge on any atom is 0.0536 e. The summed E-state index contributed by atoms with van der Waals surface area (Å²) in [6.07, 6.45) is 2.64. The van der Waals surface area contributed by atoms with Crippen molar-refractivity contribution in [2.24, 2.45) is 5.41 Å². The molecule has 2 aliphatic heterocycles. The molecule has 0 amide bonds. The van der Waals surface area contributed by atoms with Gasteiger partial charge in [-0.25, -0.2) is 0 Å². The Labute approximate surface area is 62.2 Å². The monoisotopic (exact) mass is 141 g/mol. The van der Waals surface area contributed by atoms with Crippen LogP contribution in [-0.2, 0) is 4.74 Å². The summed E-state index contributed by atoms with van der Waals surface area (Å²) in [4.78, 5) is 2.41. The molecule has 0 aromatic carbocycles.